The quantitative estimate of drug-likeness (QED) is 0.656. The molecule has 0 unspecified atom stereocenters. The van der Waals surface area contributed by atoms with Crippen molar-refractivity contribution in [2.75, 3.05) is 19.6 Å². The molecule has 18 heavy (non-hydrogen) atoms. The van der Waals surface area contributed by atoms with Crippen molar-refractivity contribution < 1.29 is 0 Å². The first-order chi connectivity index (χ1) is 8.64. The molecule has 0 saturated heterocycles. The van der Waals surface area contributed by atoms with E-state index in [1.54, 1.807) is 0 Å². The van der Waals surface area contributed by atoms with Crippen molar-refractivity contribution >= 4 is 0 Å². The number of nitrogens with one attached hydrogen (secondary N) is 2. The van der Waals surface area contributed by atoms with Gasteiger partial charge in [0.1, 0.15) is 0 Å². The Morgan fingerprint density at radius 3 is 2.33 bits per heavy atom. The van der Waals surface area contributed by atoms with Crippen LogP contribution in [0.3, 0.4) is 0 Å². The van der Waals surface area contributed by atoms with Crippen molar-refractivity contribution in [3.63, 3.8) is 0 Å². The van der Waals surface area contributed by atoms with E-state index < -0.39 is 0 Å². The molecule has 1 aromatic carbocycles. The maximum atomic E-state index is 3.54. The van der Waals surface area contributed by atoms with Crippen molar-refractivity contribution in [1.29, 1.82) is 0 Å². The maximum absolute atomic E-state index is 3.54. The second kappa shape index (κ2) is 8.28. The minimum atomic E-state index is 0.308. The minimum Gasteiger partial charge on any atom is -0.316 e. The summed E-state index contributed by atoms with van der Waals surface area (Å²) in [6, 6.07) is 10.6. The molecule has 1 aromatic rings. The third kappa shape index (κ3) is 6.77. The first kappa shape index (κ1) is 15.2. The summed E-state index contributed by atoms with van der Waals surface area (Å²) in [4.78, 5) is 0. The van der Waals surface area contributed by atoms with Crippen LogP contribution in [0.15, 0.2) is 30.3 Å². The topological polar surface area (TPSA) is 24.1 Å². The molecule has 0 spiro atoms. The largest absolute Gasteiger partial charge is 0.316 e. The second-order valence-electron chi connectivity index (χ2n) is 5.78. The summed E-state index contributed by atoms with van der Waals surface area (Å²) in [6.07, 6.45) is 2.53. The van der Waals surface area contributed by atoms with E-state index in [4.69, 9.17) is 0 Å². The SMILES string of the molecule is CCCCNCC(C)(C)CNCc1ccccc1. The second-order valence-corrected chi connectivity index (χ2v) is 5.78. The highest BCUT2D eigenvalue weighted by atomic mass is 14.9. The average molecular weight is 248 g/mol. The fourth-order valence-electron chi connectivity index (χ4n) is 1.93. The number of hydrogen-bond acceptors (Lipinski definition) is 2. The third-order valence-corrected chi connectivity index (χ3v) is 3.09. The molecular formula is C16H28N2. The van der Waals surface area contributed by atoms with E-state index in [0.29, 0.717) is 5.41 Å². The van der Waals surface area contributed by atoms with Gasteiger partial charge in [0.15, 0.2) is 0 Å². The van der Waals surface area contributed by atoms with E-state index >= 15 is 0 Å². The summed E-state index contributed by atoms with van der Waals surface area (Å²) in [6.45, 7) is 11.1. The highest BCUT2D eigenvalue weighted by Gasteiger charge is 2.16. The Kier molecular flexibility index (Phi) is 6.99. The highest BCUT2D eigenvalue weighted by molar-refractivity contribution is 5.14. The van der Waals surface area contributed by atoms with Crippen LogP contribution in [0.5, 0.6) is 0 Å². The highest BCUT2D eigenvalue weighted by Crippen LogP contribution is 2.12. The molecule has 2 N–H and O–H groups in total. The molecule has 0 aliphatic carbocycles. The molecule has 0 aromatic heterocycles. The number of hydrogen-bond donors (Lipinski definition) is 2. The van der Waals surface area contributed by atoms with Crippen LogP contribution in [-0.4, -0.2) is 19.6 Å². The Bertz CT molecular complexity index is 306. The molecule has 0 fully saturated rings. The van der Waals surface area contributed by atoms with Crippen LogP contribution in [0.1, 0.15) is 39.2 Å². The molecule has 0 aliphatic heterocycles. The van der Waals surface area contributed by atoms with E-state index in [1.807, 2.05) is 0 Å². The zero-order valence-corrected chi connectivity index (χ0v) is 12.1. The standard InChI is InChI=1S/C16H28N2/c1-4-5-11-17-13-16(2,3)14-18-12-15-9-7-6-8-10-15/h6-10,17-18H,4-5,11-14H2,1-3H3. The van der Waals surface area contributed by atoms with Crippen LogP contribution in [0, 0.1) is 5.41 Å². The van der Waals surface area contributed by atoms with Gasteiger partial charge in [-0.1, -0.05) is 57.5 Å². The van der Waals surface area contributed by atoms with Crippen LogP contribution >= 0.6 is 0 Å². The molecular weight excluding hydrogens is 220 g/mol. The Hall–Kier alpha value is -0.860. The molecule has 0 saturated carbocycles. The first-order valence-corrected chi connectivity index (χ1v) is 7.09. The molecule has 0 heterocycles. The molecule has 2 heteroatoms. The summed E-state index contributed by atoms with van der Waals surface area (Å²) >= 11 is 0. The lowest BCUT2D eigenvalue weighted by molar-refractivity contribution is 0.319. The number of rotatable bonds is 9. The zero-order chi connectivity index (χ0) is 13.3. The molecule has 2 nitrogen and oxygen atoms in total. The normalized spacial score (nSPS) is 11.7. The summed E-state index contributed by atoms with van der Waals surface area (Å²) in [7, 11) is 0. The molecule has 0 atom stereocenters. The van der Waals surface area contributed by atoms with Gasteiger partial charge in [0.2, 0.25) is 0 Å². The lowest BCUT2D eigenvalue weighted by atomic mass is 9.93. The Morgan fingerprint density at radius 1 is 1.00 bits per heavy atom. The van der Waals surface area contributed by atoms with E-state index in [-0.39, 0.29) is 0 Å². The van der Waals surface area contributed by atoms with Gasteiger partial charge in [-0.3, -0.25) is 0 Å². The first-order valence-electron chi connectivity index (χ1n) is 7.09. The van der Waals surface area contributed by atoms with Crippen molar-refractivity contribution in [2.24, 2.45) is 5.41 Å². The molecule has 102 valence electrons. The van der Waals surface area contributed by atoms with Gasteiger partial charge in [0.25, 0.3) is 0 Å². The van der Waals surface area contributed by atoms with Gasteiger partial charge in [0, 0.05) is 19.6 Å². The predicted molar refractivity (Wildman–Crippen MR) is 79.7 cm³/mol. The smallest absolute Gasteiger partial charge is 0.0205 e. The minimum absolute atomic E-state index is 0.308. The van der Waals surface area contributed by atoms with E-state index in [1.165, 1.54) is 18.4 Å². The van der Waals surface area contributed by atoms with Gasteiger partial charge < -0.3 is 10.6 Å². The zero-order valence-electron chi connectivity index (χ0n) is 12.1. The fourth-order valence-corrected chi connectivity index (χ4v) is 1.93. The Labute approximate surface area is 112 Å². The van der Waals surface area contributed by atoms with Gasteiger partial charge in [-0.15, -0.1) is 0 Å². The molecule has 0 bridgehead atoms. The van der Waals surface area contributed by atoms with Gasteiger partial charge in [-0.2, -0.15) is 0 Å². The van der Waals surface area contributed by atoms with Crippen molar-refractivity contribution in [3.05, 3.63) is 35.9 Å². The van der Waals surface area contributed by atoms with Crippen LogP contribution in [0.4, 0.5) is 0 Å². The van der Waals surface area contributed by atoms with Gasteiger partial charge in [-0.05, 0) is 23.9 Å². The number of unbranched alkanes of at least 4 members (excludes halogenated alkanes) is 1. The lowest BCUT2D eigenvalue weighted by Crippen LogP contribution is -2.38. The van der Waals surface area contributed by atoms with Gasteiger partial charge >= 0.3 is 0 Å². The van der Waals surface area contributed by atoms with Gasteiger partial charge in [0.05, 0.1) is 0 Å². The molecule has 1 rings (SSSR count). The van der Waals surface area contributed by atoms with E-state index in [2.05, 4.69) is 61.7 Å². The lowest BCUT2D eigenvalue weighted by Gasteiger charge is -2.25. The molecule has 0 amide bonds. The van der Waals surface area contributed by atoms with Gasteiger partial charge in [-0.25, -0.2) is 0 Å². The van der Waals surface area contributed by atoms with Crippen LogP contribution in [0.2, 0.25) is 0 Å². The predicted octanol–water partition coefficient (Wildman–Crippen LogP) is 3.19. The number of benzene rings is 1. The monoisotopic (exact) mass is 248 g/mol. The average Bonchev–Trinajstić information content (AvgIpc) is 2.36. The van der Waals surface area contributed by atoms with Crippen molar-refractivity contribution in [3.8, 4) is 0 Å². The summed E-state index contributed by atoms with van der Waals surface area (Å²) in [5.41, 5.74) is 1.66. The third-order valence-electron chi connectivity index (χ3n) is 3.09. The molecule has 0 radical (unpaired) electrons. The fraction of sp³-hybridized carbons (Fsp3) is 0.625. The van der Waals surface area contributed by atoms with Crippen molar-refractivity contribution in [1.82, 2.24) is 10.6 Å². The summed E-state index contributed by atoms with van der Waals surface area (Å²) < 4.78 is 0. The maximum Gasteiger partial charge on any atom is 0.0205 e. The summed E-state index contributed by atoms with van der Waals surface area (Å²) in [5, 5.41) is 7.08. The Morgan fingerprint density at radius 2 is 1.67 bits per heavy atom. The van der Waals surface area contributed by atoms with Crippen LogP contribution in [-0.2, 0) is 6.54 Å². The van der Waals surface area contributed by atoms with Crippen LogP contribution < -0.4 is 10.6 Å². The van der Waals surface area contributed by atoms with E-state index in [0.717, 1.165) is 26.2 Å². The van der Waals surface area contributed by atoms with Crippen molar-refractivity contribution in [2.45, 2.75) is 40.2 Å². The molecule has 0 aliphatic rings. The van der Waals surface area contributed by atoms with Crippen LogP contribution in [0.25, 0.3) is 0 Å². The van der Waals surface area contributed by atoms with E-state index in [9.17, 15) is 0 Å². The Balaban J connectivity index is 2.16. The summed E-state index contributed by atoms with van der Waals surface area (Å²) in [5.74, 6) is 0.